The zero-order valence-electron chi connectivity index (χ0n) is 12.0. The summed E-state index contributed by atoms with van der Waals surface area (Å²) in [6.07, 6.45) is 3.93. The lowest BCUT2D eigenvalue weighted by molar-refractivity contribution is -0.146. The Kier molecular flexibility index (Phi) is 5.01. The molecule has 5 heteroatoms. The van der Waals surface area contributed by atoms with Crippen LogP contribution in [0.3, 0.4) is 0 Å². The van der Waals surface area contributed by atoms with Gasteiger partial charge in [0.1, 0.15) is 6.10 Å². The molecule has 2 atom stereocenters. The van der Waals surface area contributed by atoms with Crippen molar-refractivity contribution in [3.8, 4) is 0 Å². The Hall–Kier alpha value is -1.39. The lowest BCUT2D eigenvalue weighted by Crippen LogP contribution is -2.44. The predicted molar refractivity (Wildman–Crippen MR) is 81.7 cm³/mol. The van der Waals surface area contributed by atoms with E-state index in [4.69, 9.17) is 4.74 Å². The zero-order valence-corrected chi connectivity index (χ0v) is 12.8. The van der Waals surface area contributed by atoms with Gasteiger partial charge in [-0.25, -0.2) is 4.79 Å². The fourth-order valence-corrected chi connectivity index (χ4v) is 3.37. The third-order valence-corrected chi connectivity index (χ3v) is 4.55. The van der Waals surface area contributed by atoms with Crippen molar-refractivity contribution >= 4 is 24.2 Å². The molecule has 2 aliphatic heterocycles. The number of benzene rings is 1. The van der Waals surface area contributed by atoms with E-state index in [1.54, 1.807) is 24.3 Å². The highest BCUT2D eigenvalue weighted by Gasteiger charge is 2.40. The standard InChI is InChI=1S/C16H19NO3.ClH/c1-17-12-7-8-13(17)10-14(9-12)20-16(19)15(18)11-5-3-2-4-6-11;/h2-6,12-14H,7-10H2,1H3;1H. The van der Waals surface area contributed by atoms with Crippen molar-refractivity contribution in [2.75, 3.05) is 7.05 Å². The molecule has 0 aromatic heterocycles. The van der Waals surface area contributed by atoms with Crippen molar-refractivity contribution in [3.63, 3.8) is 0 Å². The lowest BCUT2D eigenvalue weighted by atomic mass is 10.0. The molecule has 3 rings (SSSR count). The Morgan fingerprint density at radius 3 is 2.24 bits per heavy atom. The summed E-state index contributed by atoms with van der Waals surface area (Å²) in [6, 6.07) is 9.59. The first-order valence-corrected chi connectivity index (χ1v) is 7.17. The highest BCUT2D eigenvalue weighted by molar-refractivity contribution is 6.40. The van der Waals surface area contributed by atoms with E-state index in [9.17, 15) is 9.59 Å². The first-order chi connectivity index (χ1) is 9.65. The number of rotatable bonds is 3. The van der Waals surface area contributed by atoms with Crippen LogP contribution in [-0.4, -0.2) is 41.9 Å². The van der Waals surface area contributed by atoms with Crippen molar-refractivity contribution in [1.82, 2.24) is 4.90 Å². The molecule has 1 aromatic rings. The number of fused-ring (bicyclic) bond motifs is 2. The van der Waals surface area contributed by atoms with Gasteiger partial charge in [-0.3, -0.25) is 4.79 Å². The fourth-order valence-electron chi connectivity index (χ4n) is 3.37. The summed E-state index contributed by atoms with van der Waals surface area (Å²) < 4.78 is 5.42. The molecule has 0 radical (unpaired) electrons. The molecule has 114 valence electrons. The Morgan fingerprint density at radius 1 is 1.10 bits per heavy atom. The van der Waals surface area contributed by atoms with Crippen molar-refractivity contribution < 1.29 is 14.3 Å². The monoisotopic (exact) mass is 309 g/mol. The molecule has 1 aromatic carbocycles. The minimum Gasteiger partial charge on any atom is -0.456 e. The van der Waals surface area contributed by atoms with E-state index in [2.05, 4.69) is 11.9 Å². The van der Waals surface area contributed by atoms with Crippen LogP contribution in [0.5, 0.6) is 0 Å². The van der Waals surface area contributed by atoms with Crippen LogP contribution in [0, 0.1) is 0 Å². The summed E-state index contributed by atoms with van der Waals surface area (Å²) in [5.41, 5.74) is 0.397. The normalized spacial score (nSPS) is 27.8. The topological polar surface area (TPSA) is 46.6 Å². The molecular formula is C16H20ClNO3. The van der Waals surface area contributed by atoms with E-state index in [1.807, 2.05) is 6.07 Å². The average molecular weight is 310 g/mol. The second kappa shape index (κ2) is 6.58. The number of carbonyl (C=O) groups is 2. The van der Waals surface area contributed by atoms with E-state index in [1.165, 1.54) is 12.8 Å². The summed E-state index contributed by atoms with van der Waals surface area (Å²) >= 11 is 0. The molecule has 0 spiro atoms. The van der Waals surface area contributed by atoms with E-state index in [0.29, 0.717) is 17.6 Å². The molecule has 2 saturated heterocycles. The maximum absolute atomic E-state index is 12.0. The van der Waals surface area contributed by atoms with E-state index >= 15 is 0 Å². The number of carbonyl (C=O) groups excluding carboxylic acids is 2. The number of esters is 1. The van der Waals surface area contributed by atoms with Crippen molar-refractivity contribution in [2.24, 2.45) is 0 Å². The third kappa shape index (κ3) is 3.27. The van der Waals surface area contributed by atoms with E-state index in [-0.39, 0.29) is 18.5 Å². The van der Waals surface area contributed by atoms with Gasteiger partial charge in [0.15, 0.2) is 0 Å². The molecule has 0 N–H and O–H groups in total. The van der Waals surface area contributed by atoms with Gasteiger partial charge >= 0.3 is 5.97 Å². The van der Waals surface area contributed by atoms with Crippen LogP contribution >= 0.6 is 12.4 Å². The van der Waals surface area contributed by atoms with Crippen LogP contribution < -0.4 is 0 Å². The molecule has 2 bridgehead atoms. The van der Waals surface area contributed by atoms with Gasteiger partial charge in [0, 0.05) is 30.5 Å². The number of halogens is 1. The number of ether oxygens (including phenoxy) is 1. The number of hydrogen-bond acceptors (Lipinski definition) is 4. The number of Topliss-reactive ketones (excluding diaryl/α,β-unsaturated/α-hetero) is 1. The zero-order chi connectivity index (χ0) is 14.1. The van der Waals surface area contributed by atoms with Crippen LogP contribution in [0.1, 0.15) is 36.0 Å². The van der Waals surface area contributed by atoms with Gasteiger partial charge in [-0.1, -0.05) is 30.3 Å². The Labute approximate surface area is 130 Å². The predicted octanol–water partition coefficient (Wildman–Crippen LogP) is 2.46. The second-order valence-electron chi connectivity index (χ2n) is 5.74. The maximum Gasteiger partial charge on any atom is 0.379 e. The van der Waals surface area contributed by atoms with E-state index < -0.39 is 11.8 Å². The smallest absolute Gasteiger partial charge is 0.379 e. The molecule has 2 aliphatic rings. The second-order valence-corrected chi connectivity index (χ2v) is 5.74. The summed E-state index contributed by atoms with van der Waals surface area (Å²) in [7, 11) is 2.13. The molecular weight excluding hydrogens is 290 g/mol. The SMILES string of the molecule is CN1C2CCC1CC(OC(=O)C(=O)c1ccccc1)C2.Cl. The van der Waals surface area contributed by atoms with Crippen LogP contribution in [0.15, 0.2) is 30.3 Å². The lowest BCUT2D eigenvalue weighted by Gasteiger charge is -2.35. The van der Waals surface area contributed by atoms with Crippen molar-refractivity contribution in [2.45, 2.75) is 43.9 Å². The number of piperidine rings is 1. The average Bonchev–Trinajstić information content (AvgIpc) is 2.69. The number of nitrogens with zero attached hydrogens (tertiary/aromatic N) is 1. The first-order valence-electron chi connectivity index (χ1n) is 7.17. The first kappa shape index (κ1) is 16.0. The Bertz CT molecular complexity index is 506. The van der Waals surface area contributed by atoms with Gasteiger partial charge in [0.25, 0.3) is 5.78 Å². The molecule has 0 amide bonds. The number of ketones is 1. The minimum atomic E-state index is -0.717. The molecule has 21 heavy (non-hydrogen) atoms. The van der Waals surface area contributed by atoms with E-state index in [0.717, 1.165) is 12.8 Å². The summed E-state index contributed by atoms with van der Waals surface area (Å²) in [4.78, 5) is 26.3. The highest BCUT2D eigenvalue weighted by Crippen LogP contribution is 2.35. The van der Waals surface area contributed by atoms with Gasteiger partial charge in [0.2, 0.25) is 0 Å². The largest absolute Gasteiger partial charge is 0.456 e. The van der Waals surface area contributed by atoms with Crippen LogP contribution in [-0.2, 0) is 9.53 Å². The van der Waals surface area contributed by atoms with Crippen LogP contribution in [0.4, 0.5) is 0 Å². The summed E-state index contributed by atoms with van der Waals surface area (Å²) in [5, 5.41) is 0. The van der Waals surface area contributed by atoms with Gasteiger partial charge < -0.3 is 9.64 Å². The van der Waals surface area contributed by atoms with Gasteiger partial charge in [-0.15, -0.1) is 12.4 Å². The molecule has 0 saturated carbocycles. The molecule has 4 nitrogen and oxygen atoms in total. The van der Waals surface area contributed by atoms with Gasteiger partial charge in [-0.05, 0) is 19.9 Å². The maximum atomic E-state index is 12.0. The third-order valence-electron chi connectivity index (χ3n) is 4.55. The summed E-state index contributed by atoms with van der Waals surface area (Å²) in [6.45, 7) is 0. The van der Waals surface area contributed by atoms with Gasteiger partial charge in [0.05, 0.1) is 0 Å². The molecule has 2 heterocycles. The quantitative estimate of drug-likeness (QED) is 0.489. The Balaban J connectivity index is 0.00000161. The van der Waals surface area contributed by atoms with Gasteiger partial charge in [-0.2, -0.15) is 0 Å². The van der Waals surface area contributed by atoms with Crippen LogP contribution in [0.25, 0.3) is 0 Å². The highest BCUT2D eigenvalue weighted by atomic mass is 35.5. The molecule has 0 aliphatic carbocycles. The summed E-state index contributed by atoms with van der Waals surface area (Å²) in [5.74, 6) is -1.26. The molecule has 2 fully saturated rings. The number of hydrogen-bond donors (Lipinski definition) is 0. The molecule has 2 unspecified atom stereocenters. The minimum absolute atomic E-state index is 0. The van der Waals surface area contributed by atoms with Crippen molar-refractivity contribution in [1.29, 1.82) is 0 Å². The Morgan fingerprint density at radius 2 is 1.67 bits per heavy atom. The fraction of sp³-hybridized carbons (Fsp3) is 0.500. The van der Waals surface area contributed by atoms with Crippen LogP contribution in [0.2, 0.25) is 0 Å². The van der Waals surface area contributed by atoms with Crippen molar-refractivity contribution in [3.05, 3.63) is 35.9 Å².